The molecule has 1 amide bonds. The normalized spacial score (nSPS) is 15.8. The average molecular weight is 239 g/mol. The van der Waals surface area contributed by atoms with Gasteiger partial charge in [0.1, 0.15) is 5.75 Å². The van der Waals surface area contributed by atoms with Gasteiger partial charge in [-0.1, -0.05) is 12.1 Å². The van der Waals surface area contributed by atoms with Crippen LogP contribution in [-0.4, -0.2) is 24.5 Å². The summed E-state index contributed by atoms with van der Waals surface area (Å²) in [5.41, 5.74) is 6.12. The van der Waals surface area contributed by atoms with E-state index in [1.165, 1.54) is 0 Å². The van der Waals surface area contributed by atoms with E-state index < -0.39 is 20.9 Å². The monoisotopic (exact) mass is 239 g/mol. The van der Waals surface area contributed by atoms with Crippen molar-refractivity contribution in [1.82, 2.24) is 0 Å². The van der Waals surface area contributed by atoms with Crippen LogP contribution in [0.2, 0.25) is 0 Å². The lowest BCUT2D eigenvalue weighted by Gasteiger charge is -2.13. The maximum Gasteiger partial charge on any atom is 0.495 e. The van der Waals surface area contributed by atoms with Gasteiger partial charge >= 0.3 is 7.12 Å². The fourth-order valence-corrected chi connectivity index (χ4v) is 2.06. The SMILES string of the molecule is CP(Oc1cccc2c1B(O)OC2)C(N)=O. The largest absolute Gasteiger partial charge is 0.495 e. The maximum absolute atomic E-state index is 10.9. The summed E-state index contributed by atoms with van der Waals surface area (Å²) in [7, 11) is -2.35. The Labute approximate surface area is 94.5 Å². The first-order chi connectivity index (χ1) is 7.59. The Kier molecular flexibility index (Phi) is 3.14. The Balaban J connectivity index is 2.29. The van der Waals surface area contributed by atoms with Gasteiger partial charge in [0, 0.05) is 12.1 Å². The van der Waals surface area contributed by atoms with Crippen molar-refractivity contribution in [2.24, 2.45) is 5.73 Å². The number of fused-ring (bicyclic) bond motifs is 1. The van der Waals surface area contributed by atoms with Crippen molar-refractivity contribution in [3.8, 4) is 5.75 Å². The van der Waals surface area contributed by atoms with Crippen LogP contribution < -0.4 is 15.7 Å². The van der Waals surface area contributed by atoms with Gasteiger partial charge < -0.3 is 19.9 Å². The highest BCUT2D eigenvalue weighted by Gasteiger charge is 2.31. The average Bonchev–Trinajstić information content (AvgIpc) is 2.61. The summed E-state index contributed by atoms with van der Waals surface area (Å²) in [5.74, 6) is 0.468. The van der Waals surface area contributed by atoms with Crippen LogP contribution in [0, 0.1) is 0 Å². The van der Waals surface area contributed by atoms with Gasteiger partial charge in [-0.3, -0.25) is 4.79 Å². The number of carbonyl (C=O) groups is 1. The second-order valence-electron chi connectivity index (χ2n) is 3.42. The number of hydrogen-bond acceptors (Lipinski definition) is 4. The summed E-state index contributed by atoms with van der Waals surface area (Å²) >= 11 is 0. The van der Waals surface area contributed by atoms with Crippen molar-refractivity contribution in [2.45, 2.75) is 6.61 Å². The minimum absolute atomic E-state index is 0.353. The molecule has 1 aromatic carbocycles. The van der Waals surface area contributed by atoms with Crippen molar-refractivity contribution in [3.05, 3.63) is 23.8 Å². The smallest absolute Gasteiger partial charge is 0.465 e. The van der Waals surface area contributed by atoms with E-state index in [1.807, 2.05) is 6.07 Å². The summed E-state index contributed by atoms with van der Waals surface area (Å²) in [5, 5.41) is 9.60. The molecule has 0 saturated carbocycles. The van der Waals surface area contributed by atoms with E-state index >= 15 is 0 Å². The lowest BCUT2D eigenvalue weighted by molar-refractivity contribution is 0.265. The van der Waals surface area contributed by atoms with Gasteiger partial charge in [-0.25, -0.2) is 0 Å². The number of carbonyl (C=O) groups excluding carboxylic acids is 1. The quantitative estimate of drug-likeness (QED) is 0.590. The van der Waals surface area contributed by atoms with Gasteiger partial charge in [0.15, 0.2) is 8.15 Å². The zero-order valence-corrected chi connectivity index (χ0v) is 9.61. The van der Waals surface area contributed by atoms with Gasteiger partial charge in [0.2, 0.25) is 0 Å². The van der Waals surface area contributed by atoms with E-state index in [4.69, 9.17) is 14.9 Å². The fraction of sp³-hybridized carbons (Fsp3) is 0.222. The van der Waals surface area contributed by atoms with Crippen LogP contribution in [0.25, 0.3) is 0 Å². The van der Waals surface area contributed by atoms with Crippen molar-refractivity contribution in [2.75, 3.05) is 6.66 Å². The van der Waals surface area contributed by atoms with Crippen molar-refractivity contribution < 1.29 is 19.0 Å². The molecule has 2 rings (SSSR count). The zero-order valence-electron chi connectivity index (χ0n) is 8.71. The second-order valence-corrected chi connectivity index (χ2v) is 5.04. The fourth-order valence-electron chi connectivity index (χ4n) is 1.52. The van der Waals surface area contributed by atoms with Gasteiger partial charge in [0.25, 0.3) is 5.65 Å². The zero-order chi connectivity index (χ0) is 11.7. The first-order valence-electron chi connectivity index (χ1n) is 4.72. The highest BCUT2D eigenvalue weighted by molar-refractivity contribution is 7.69. The van der Waals surface area contributed by atoms with Crippen LogP contribution in [0.3, 0.4) is 0 Å². The molecule has 3 N–H and O–H groups in total. The van der Waals surface area contributed by atoms with E-state index in [-0.39, 0.29) is 0 Å². The maximum atomic E-state index is 10.9. The third kappa shape index (κ3) is 2.05. The molecule has 84 valence electrons. The molecule has 0 fully saturated rings. The first-order valence-corrected chi connectivity index (χ1v) is 6.43. The van der Waals surface area contributed by atoms with Crippen molar-refractivity contribution in [1.29, 1.82) is 0 Å². The predicted octanol–water partition coefficient (Wildman–Crippen LogP) is 0.389. The van der Waals surface area contributed by atoms with E-state index in [0.717, 1.165) is 5.56 Å². The number of nitrogens with two attached hydrogens (primary N) is 1. The molecule has 0 saturated heterocycles. The standard InChI is InChI=1S/C9H11BNO4P/c1-16(9(11)12)15-7-4-2-3-6-5-14-10(13)8(6)7/h2-4,13H,5H2,1H3,(H2,11,12). The molecule has 5 nitrogen and oxygen atoms in total. The Morgan fingerprint density at radius 1 is 1.69 bits per heavy atom. The number of rotatable bonds is 3. The minimum Gasteiger partial charge on any atom is -0.465 e. The Morgan fingerprint density at radius 3 is 3.12 bits per heavy atom. The molecule has 0 spiro atoms. The van der Waals surface area contributed by atoms with Gasteiger partial charge in [-0.15, -0.1) is 0 Å². The number of amides is 1. The molecule has 1 aromatic rings. The summed E-state index contributed by atoms with van der Waals surface area (Å²) < 4.78 is 10.5. The van der Waals surface area contributed by atoms with Crippen LogP contribution in [0.15, 0.2) is 18.2 Å². The predicted molar refractivity (Wildman–Crippen MR) is 61.9 cm³/mol. The van der Waals surface area contributed by atoms with Crippen LogP contribution in [0.1, 0.15) is 5.56 Å². The molecule has 0 aromatic heterocycles. The first kappa shape index (κ1) is 11.4. The van der Waals surface area contributed by atoms with Crippen LogP contribution in [-0.2, 0) is 11.3 Å². The van der Waals surface area contributed by atoms with Crippen molar-refractivity contribution >= 4 is 26.4 Å². The minimum atomic E-state index is -1.37. The highest BCUT2D eigenvalue weighted by Crippen LogP contribution is 2.34. The summed E-state index contributed by atoms with van der Waals surface area (Å²) in [6.07, 6.45) is 0. The molecule has 0 radical (unpaired) electrons. The van der Waals surface area contributed by atoms with Gasteiger partial charge in [-0.2, -0.15) is 0 Å². The molecule has 16 heavy (non-hydrogen) atoms. The van der Waals surface area contributed by atoms with Gasteiger partial charge in [0.05, 0.1) is 6.61 Å². The molecular weight excluding hydrogens is 228 g/mol. The molecule has 1 atom stereocenters. The van der Waals surface area contributed by atoms with Crippen molar-refractivity contribution in [3.63, 3.8) is 0 Å². The second kappa shape index (κ2) is 4.41. The van der Waals surface area contributed by atoms with Crippen LogP contribution >= 0.6 is 8.15 Å². The van der Waals surface area contributed by atoms with Gasteiger partial charge in [-0.05, 0) is 11.6 Å². The third-order valence-corrected chi connectivity index (χ3v) is 3.44. The number of primary amides is 1. The molecule has 1 unspecified atom stereocenters. The number of hydrogen-bond donors (Lipinski definition) is 2. The molecular formula is C9H11BNO4P. The molecule has 1 aliphatic heterocycles. The lowest BCUT2D eigenvalue weighted by Crippen LogP contribution is -2.29. The van der Waals surface area contributed by atoms with E-state index in [2.05, 4.69) is 0 Å². The third-order valence-electron chi connectivity index (χ3n) is 2.35. The van der Waals surface area contributed by atoms with E-state index in [1.54, 1.807) is 18.8 Å². The molecule has 7 heteroatoms. The van der Waals surface area contributed by atoms with Crippen LogP contribution in [0.4, 0.5) is 4.79 Å². The topological polar surface area (TPSA) is 81.8 Å². The Bertz CT molecular complexity index is 428. The lowest BCUT2D eigenvalue weighted by atomic mass is 9.79. The van der Waals surface area contributed by atoms with E-state index in [0.29, 0.717) is 17.8 Å². The molecule has 0 aliphatic carbocycles. The summed E-state index contributed by atoms with van der Waals surface area (Å²) in [6, 6.07) is 5.33. The molecule has 1 heterocycles. The molecule has 0 bridgehead atoms. The van der Waals surface area contributed by atoms with Crippen LogP contribution in [0.5, 0.6) is 5.75 Å². The summed E-state index contributed by atoms with van der Waals surface area (Å²) in [6.45, 7) is 1.98. The van der Waals surface area contributed by atoms with E-state index in [9.17, 15) is 9.82 Å². The number of benzene rings is 1. The summed E-state index contributed by atoms with van der Waals surface area (Å²) in [4.78, 5) is 10.9. The highest BCUT2D eigenvalue weighted by atomic mass is 31.1. The molecule has 1 aliphatic rings. The Morgan fingerprint density at radius 2 is 2.44 bits per heavy atom. The Hall–Kier alpha value is -1.10.